The molecule has 4 nitrogen and oxygen atoms in total. The van der Waals surface area contributed by atoms with Crippen LogP contribution in [0.5, 0.6) is 5.75 Å². The van der Waals surface area contributed by atoms with Gasteiger partial charge in [0.1, 0.15) is 5.75 Å². The quantitative estimate of drug-likeness (QED) is 0.750. The average Bonchev–Trinajstić information content (AvgIpc) is 2.78. The summed E-state index contributed by atoms with van der Waals surface area (Å²) in [6.07, 6.45) is 7.85. The molecule has 0 radical (unpaired) electrons. The van der Waals surface area contributed by atoms with Crippen LogP contribution in [0, 0.1) is 0 Å². The van der Waals surface area contributed by atoms with Crippen LogP contribution in [-0.2, 0) is 4.79 Å². The van der Waals surface area contributed by atoms with Crippen LogP contribution in [0.2, 0.25) is 0 Å². The molecule has 0 bridgehead atoms. The summed E-state index contributed by atoms with van der Waals surface area (Å²) in [5.41, 5.74) is 2.42. The highest BCUT2D eigenvalue weighted by Gasteiger charge is 2.24. The number of likely N-dealkylation sites (tertiary alicyclic amines) is 1. The third-order valence-electron chi connectivity index (χ3n) is 6.04. The Morgan fingerprint density at radius 2 is 1.79 bits per heavy atom. The van der Waals surface area contributed by atoms with Crippen LogP contribution in [0.1, 0.15) is 42.7 Å². The molecule has 2 heterocycles. The predicted molar refractivity (Wildman–Crippen MR) is 117 cm³/mol. The van der Waals surface area contributed by atoms with Gasteiger partial charge in [0.05, 0.1) is 6.61 Å². The number of piperidine rings is 1. The SMILES string of the molecule is O=C(/C=C/c1ccccc1)NC1CCN(CCC2CCOc3ccccc32)CC1. The maximum Gasteiger partial charge on any atom is 0.244 e. The second-order valence-electron chi connectivity index (χ2n) is 8.03. The molecule has 152 valence electrons. The van der Waals surface area contributed by atoms with Crippen LogP contribution in [0.4, 0.5) is 0 Å². The van der Waals surface area contributed by atoms with E-state index in [4.69, 9.17) is 4.74 Å². The number of carbonyl (C=O) groups excluding carboxylic acids is 1. The molecule has 4 rings (SSSR count). The summed E-state index contributed by atoms with van der Waals surface area (Å²) in [6.45, 7) is 4.05. The molecule has 2 aliphatic heterocycles. The highest BCUT2D eigenvalue weighted by atomic mass is 16.5. The van der Waals surface area contributed by atoms with Crippen LogP contribution < -0.4 is 10.1 Å². The largest absolute Gasteiger partial charge is 0.493 e. The minimum atomic E-state index is 0.00566. The second kappa shape index (κ2) is 9.75. The number of para-hydroxylation sites is 1. The van der Waals surface area contributed by atoms with Crippen molar-refractivity contribution in [2.45, 2.75) is 37.6 Å². The molecule has 4 heteroatoms. The first kappa shape index (κ1) is 19.7. The number of carbonyl (C=O) groups is 1. The van der Waals surface area contributed by atoms with Crippen LogP contribution in [0.3, 0.4) is 0 Å². The topological polar surface area (TPSA) is 41.6 Å². The van der Waals surface area contributed by atoms with E-state index in [2.05, 4.69) is 34.5 Å². The molecule has 0 aromatic heterocycles. The molecular formula is C25H30N2O2. The van der Waals surface area contributed by atoms with Gasteiger partial charge in [-0.2, -0.15) is 0 Å². The van der Waals surface area contributed by atoms with E-state index >= 15 is 0 Å². The van der Waals surface area contributed by atoms with Gasteiger partial charge in [-0.1, -0.05) is 48.5 Å². The van der Waals surface area contributed by atoms with Gasteiger partial charge in [-0.25, -0.2) is 0 Å². The number of ether oxygens (including phenoxy) is 1. The number of hydrogen-bond donors (Lipinski definition) is 1. The van der Waals surface area contributed by atoms with Crippen molar-refractivity contribution in [2.75, 3.05) is 26.2 Å². The van der Waals surface area contributed by atoms with E-state index in [1.54, 1.807) is 6.08 Å². The van der Waals surface area contributed by atoms with Gasteiger partial charge in [0.25, 0.3) is 0 Å². The van der Waals surface area contributed by atoms with E-state index in [1.807, 2.05) is 36.4 Å². The van der Waals surface area contributed by atoms with Gasteiger partial charge < -0.3 is 15.0 Å². The average molecular weight is 391 g/mol. The Morgan fingerprint density at radius 3 is 2.62 bits per heavy atom. The zero-order chi connectivity index (χ0) is 19.9. The van der Waals surface area contributed by atoms with Gasteiger partial charge in [0.2, 0.25) is 5.91 Å². The highest BCUT2D eigenvalue weighted by Crippen LogP contribution is 2.35. The molecule has 2 aromatic rings. The zero-order valence-corrected chi connectivity index (χ0v) is 16.9. The molecule has 0 saturated carbocycles. The Morgan fingerprint density at radius 1 is 1.03 bits per heavy atom. The van der Waals surface area contributed by atoms with Gasteiger partial charge in [0.15, 0.2) is 0 Å². The summed E-state index contributed by atoms with van der Waals surface area (Å²) in [7, 11) is 0. The number of fused-ring (bicyclic) bond motifs is 1. The summed E-state index contributed by atoms with van der Waals surface area (Å²) >= 11 is 0. The highest BCUT2D eigenvalue weighted by molar-refractivity contribution is 5.91. The lowest BCUT2D eigenvalue weighted by molar-refractivity contribution is -0.117. The molecule has 2 aliphatic rings. The van der Waals surface area contributed by atoms with Crippen LogP contribution in [0.15, 0.2) is 60.7 Å². The fourth-order valence-electron chi connectivity index (χ4n) is 4.34. The van der Waals surface area contributed by atoms with Crippen molar-refractivity contribution in [3.05, 3.63) is 71.8 Å². The van der Waals surface area contributed by atoms with Crippen molar-refractivity contribution < 1.29 is 9.53 Å². The lowest BCUT2D eigenvalue weighted by Gasteiger charge is -2.34. The Hall–Kier alpha value is -2.59. The summed E-state index contributed by atoms with van der Waals surface area (Å²) in [5, 5.41) is 3.16. The van der Waals surface area contributed by atoms with Crippen LogP contribution in [-0.4, -0.2) is 43.1 Å². The summed E-state index contributed by atoms with van der Waals surface area (Å²) in [4.78, 5) is 14.7. The van der Waals surface area contributed by atoms with Crippen molar-refractivity contribution in [3.8, 4) is 5.75 Å². The maximum atomic E-state index is 12.2. The molecule has 1 N–H and O–H groups in total. The lowest BCUT2D eigenvalue weighted by atomic mass is 9.90. The number of hydrogen-bond acceptors (Lipinski definition) is 3. The number of amides is 1. The molecule has 0 spiro atoms. The van der Waals surface area contributed by atoms with Gasteiger partial charge in [-0.05, 0) is 61.4 Å². The smallest absolute Gasteiger partial charge is 0.244 e. The molecular weight excluding hydrogens is 360 g/mol. The molecule has 1 atom stereocenters. The van der Waals surface area contributed by atoms with Gasteiger partial charge >= 0.3 is 0 Å². The minimum Gasteiger partial charge on any atom is -0.493 e. The summed E-state index contributed by atoms with van der Waals surface area (Å²) < 4.78 is 5.79. The van der Waals surface area contributed by atoms with Crippen molar-refractivity contribution in [1.29, 1.82) is 0 Å². The Kier molecular flexibility index (Phi) is 6.63. The van der Waals surface area contributed by atoms with Crippen molar-refractivity contribution >= 4 is 12.0 Å². The van der Waals surface area contributed by atoms with Crippen LogP contribution >= 0.6 is 0 Å². The first-order valence-corrected chi connectivity index (χ1v) is 10.8. The van der Waals surface area contributed by atoms with Crippen LogP contribution in [0.25, 0.3) is 6.08 Å². The molecule has 29 heavy (non-hydrogen) atoms. The van der Waals surface area contributed by atoms with Gasteiger partial charge in [0, 0.05) is 25.2 Å². The summed E-state index contributed by atoms with van der Waals surface area (Å²) in [6, 6.07) is 18.7. The van der Waals surface area contributed by atoms with E-state index in [0.717, 1.165) is 56.8 Å². The van der Waals surface area contributed by atoms with E-state index in [-0.39, 0.29) is 11.9 Å². The first-order valence-electron chi connectivity index (χ1n) is 10.8. The number of benzene rings is 2. The van der Waals surface area contributed by atoms with Crippen molar-refractivity contribution in [2.24, 2.45) is 0 Å². The monoisotopic (exact) mass is 390 g/mol. The molecule has 1 amide bonds. The van der Waals surface area contributed by atoms with Gasteiger partial charge in [-0.15, -0.1) is 0 Å². The number of nitrogens with zero attached hydrogens (tertiary/aromatic N) is 1. The minimum absolute atomic E-state index is 0.00566. The Balaban J connectivity index is 1.19. The fraction of sp³-hybridized carbons (Fsp3) is 0.400. The standard InChI is InChI=1S/C25H30N2O2/c28-25(11-10-20-6-2-1-3-7-20)26-22-13-17-27(18-14-22)16-12-21-15-19-29-24-9-5-4-8-23(21)24/h1-11,21-22H,12-19H2,(H,26,28)/b11-10+. The number of rotatable bonds is 6. The van der Waals surface area contributed by atoms with E-state index in [1.165, 1.54) is 12.0 Å². The van der Waals surface area contributed by atoms with Gasteiger partial charge in [-0.3, -0.25) is 4.79 Å². The molecule has 1 fully saturated rings. The number of nitrogens with one attached hydrogen (secondary N) is 1. The fourth-order valence-corrected chi connectivity index (χ4v) is 4.34. The Bertz CT molecular complexity index is 826. The molecule has 0 aliphatic carbocycles. The lowest BCUT2D eigenvalue weighted by Crippen LogP contribution is -2.44. The van der Waals surface area contributed by atoms with E-state index < -0.39 is 0 Å². The second-order valence-corrected chi connectivity index (χ2v) is 8.03. The third-order valence-corrected chi connectivity index (χ3v) is 6.04. The zero-order valence-electron chi connectivity index (χ0n) is 16.9. The maximum absolute atomic E-state index is 12.2. The summed E-state index contributed by atoms with van der Waals surface area (Å²) in [5.74, 6) is 1.67. The first-order chi connectivity index (χ1) is 14.3. The third kappa shape index (κ3) is 5.48. The normalized spacial score (nSPS) is 20.2. The molecule has 1 saturated heterocycles. The molecule has 1 unspecified atom stereocenters. The van der Waals surface area contributed by atoms with E-state index in [0.29, 0.717) is 5.92 Å². The van der Waals surface area contributed by atoms with Crippen molar-refractivity contribution in [1.82, 2.24) is 10.2 Å². The predicted octanol–water partition coefficient (Wildman–Crippen LogP) is 4.24. The van der Waals surface area contributed by atoms with E-state index in [9.17, 15) is 4.79 Å². The molecule has 2 aromatic carbocycles. The van der Waals surface area contributed by atoms with Crippen molar-refractivity contribution in [3.63, 3.8) is 0 Å². The Labute approximate surface area is 173 Å².